The fraction of sp³-hybridized carbons (Fsp3) is 0.217. The Balaban J connectivity index is 1.45. The second-order valence-electron chi connectivity index (χ2n) is 7.54. The van der Waals surface area contributed by atoms with Crippen LogP contribution in [0.4, 0.5) is 13.2 Å². The molecule has 3 heterocycles. The Hall–Kier alpha value is -4.13. The molecule has 3 aromatic rings. The minimum atomic E-state index is -3.13. The molecule has 1 saturated heterocycles. The van der Waals surface area contributed by atoms with Crippen molar-refractivity contribution in [3.63, 3.8) is 0 Å². The predicted octanol–water partition coefficient (Wildman–Crippen LogP) is 3.63. The Morgan fingerprint density at radius 3 is 2.91 bits per heavy atom. The van der Waals surface area contributed by atoms with Gasteiger partial charge in [-0.2, -0.15) is 5.26 Å². The van der Waals surface area contributed by atoms with Gasteiger partial charge in [-0.3, -0.25) is 14.6 Å². The second kappa shape index (κ2) is 8.78. The molecular weight excluding hydrogens is 437 g/mol. The zero-order chi connectivity index (χ0) is 23.6. The molecule has 2 amide bonds. The largest absolute Gasteiger partial charge is 0.457 e. The van der Waals surface area contributed by atoms with Gasteiger partial charge in [0.25, 0.3) is 11.8 Å². The molecule has 1 aliphatic heterocycles. The number of carbonyl (C=O) groups excluding carboxylic acids is 2. The summed E-state index contributed by atoms with van der Waals surface area (Å²) in [5.41, 5.74) is 0.983. The summed E-state index contributed by atoms with van der Waals surface area (Å²) in [7, 11) is 0. The van der Waals surface area contributed by atoms with Gasteiger partial charge >= 0.3 is 0 Å². The zero-order valence-corrected chi connectivity index (χ0v) is 17.1. The molecule has 1 aromatic carbocycles. The molecule has 0 bridgehead atoms. The number of amides is 2. The maximum Gasteiger partial charge on any atom is 0.268 e. The number of carbonyl (C=O) groups is 2. The lowest BCUT2D eigenvalue weighted by molar-refractivity contribution is -0.131. The average molecular weight is 454 g/mol. The van der Waals surface area contributed by atoms with Crippen molar-refractivity contribution < 1.29 is 27.2 Å². The highest BCUT2D eigenvalue weighted by Crippen LogP contribution is 2.31. The van der Waals surface area contributed by atoms with Gasteiger partial charge in [0.05, 0.1) is 19.2 Å². The van der Waals surface area contributed by atoms with Crippen LogP contribution in [-0.4, -0.2) is 46.8 Å². The fourth-order valence-electron chi connectivity index (χ4n) is 3.57. The van der Waals surface area contributed by atoms with Crippen molar-refractivity contribution in [1.82, 2.24) is 15.2 Å². The van der Waals surface area contributed by atoms with Gasteiger partial charge in [0.1, 0.15) is 23.2 Å². The number of alkyl halides is 2. The van der Waals surface area contributed by atoms with Crippen LogP contribution in [0.1, 0.15) is 28.1 Å². The summed E-state index contributed by atoms with van der Waals surface area (Å²) in [4.78, 5) is 29.7. The lowest BCUT2D eigenvalue weighted by Gasteiger charge is -2.19. The van der Waals surface area contributed by atoms with Crippen LogP contribution in [0.5, 0.6) is 0 Å². The Kier molecular flexibility index (Phi) is 5.87. The highest BCUT2D eigenvalue weighted by atomic mass is 19.3. The van der Waals surface area contributed by atoms with Crippen LogP contribution in [0.25, 0.3) is 23.1 Å². The van der Waals surface area contributed by atoms with Gasteiger partial charge in [0.2, 0.25) is 5.91 Å². The molecule has 10 heteroatoms. The molecule has 1 unspecified atom stereocenters. The maximum atomic E-state index is 13.5. The third-order valence-electron chi connectivity index (χ3n) is 5.16. The van der Waals surface area contributed by atoms with Crippen LogP contribution in [-0.2, 0) is 4.79 Å². The number of halogens is 3. The first-order valence-electron chi connectivity index (χ1n) is 9.92. The number of hydrogen-bond donors (Lipinski definition) is 1. The average Bonchev–Trinajstić information content (AvgIpc) is 3.34. The van der Waals surface area contributed by atoms with E-state index >= 15 is 0 Å². The maximum absolute atomic E-state index is 13.5. The Morgan fingerprint density at radius 1 is 1.30 bits per heavy atom. The van der Waals surface area contributed by atoms with E-state index in [1.54, 1.807) is 30.4 Å². The van der Waals surface area contributed by atoms with E-state index in [1.165, 1.54) is 30.6 Å². The molecule has 168 valence electrons. The van der Waals surface area contributed by atoms with Gasteiger partial charge < -0.3 is 14.6 Å². The van der Waals surface area contributed by atoms with Gasteiger partial charge in [-0.1, -0.05) is 0 Å². The standard InChI is InChI=1S/C23H17F3N4O3/c24-16-3-1-14-7-18(33-20(14)8-16)4-2-15-11-28-6-5-19(15)22(32)29-12-21(31)30-13-23(25,26)9-17(30)10-27/h1-8,11,17H,9,12-13H2,(H,29,32)/b4-2+. The van der Waals surface area contributed by atoms with Crippen molar-refractivity contribution in [3.8, 4) is 6.07 Å². The topological polar surface area (TPSA) is 99.2 Å². The number of nitriles is 1. The van der Waals surface area contributed by atoms with Gasteiger partial charge in [0, 0.05) is 41.4 Å². The van der Waals surface area contributed by atoms with Crippen LogP contribution >= 0.6 is 0 Å². The van der Waals surface area contributed by atoms with E-state index in [0.29, 0.717) is 22.3 Å². The van der Waals surface area contributed by atoms with E-state index in [1.807, 2.05) is 0 Å². The first-order valence-corrected chi connectivity index (χ1v) is 9.92. The Bertz CT molecular complexity index is 1300. The molecule has 2 aromatic heterocycles. The molecule has 7 nitrogen and oxygen atoms in total. The van der Waals surface area contributed by atoms with Gasteiger partial charge in [-0.15, -0.1) is 0 Å². The lowest BCUT2D eigenvalue weighted by Crippen LogP contribution is -2.43. The highest BCUT2D eigenvalue weighted by molar-refractivity contribution is 6.00. The number of nitrogens with one attached hydrogen (secondary N) is 1. The van der Waals surface area contributed by atoms with E-state index in [9.17, 15) is 22.8 Å². The SMILES string of the molecule is N#CC1CC(F)(F)CN1C(=O)CNC(=O)c1ccncc1/C=C/c1cc2ccc(F)cc2o1. The van der Waals surface area contributed by atoms with Crippen molar-refractivity contribution in [3.05, 3.63) is 65.4 Å². The van der Waals surface area contributed by atoms with Crippen LogP contribution in [0.3, 0.4) is 0 Å². The molecule has 0 radical (unpaired) electrons. The number of pyridine rings is 1. The summed E-state index contributed by atoms with van der Waals surface area (Å²) in [6.07, 6.45) is 5.26. The number of nitrogens with zero attached hydrogens (tertiary/aromatic N) is 3. The second-order valence-corrected chi connectivity index (χ2v) is 7.54. The van der Waals surface area contributed by atoms with Crippen molar-refractivity contribution >= 4 is 34.9 Å². The summed E-state index contributed by atoms with van der Waals surface area (Å²) >= 11 is 0. The molecule has 0 spiro atoms. The monoisotopic (exact) mass is 454 g/mol. The quantitative estimate of drug-likeness (QED) is 0.635. The molecule has 33 heavy (non-hydrogen) atoms. The number of hydrogen-bond acceptors (Lipinski definition) is 5. The first kappa shape index (κ1) is 22.1. The number of aromatic nitrogens is 1. The normalized spacial score (nSPS) is 17.4. The van der Waals surface area contributed by atoms with Crippen LogP contribution in [0, 0.1) is 17.1 Å². The number of furan rings is 1. The lowest BCUT2D eigenvalue weighted by atomic mass is 10.1. The fourth-order valence-corrected chi connectivity index (χ4v) is 3.57. The van der Waals surface area contributed by atoms with E-state index in [0.717, 1.165) is 4.90 Å². The van der Waals surface area contributed by atoms with Gasteiger partial charge in [-0.05, 0) is 36.4 Å². The van der Waals surface area contributed by atoms with Crippen LogP contribution < -0.4 is 5.32 Å². The number of rotatable bonds is 5. The summed E-state index contributed by atoms with van der Waals surface area (Å²) in [5.74, 6) is -4.51. The van der Waals surface area contributed by atoms with Crippen molar-refractivity contribution in [2.75, 3.05) is 13.1 Å². The summed E-state index contributed by atoms with van der Waals surface area (Å²) < 4.78 is 46.0. The van der Waals surface area contributed by atoms with Crippen molar-refractivity contribution in [2.24, 2.45) is 0 Å². The summed E-state index contributed by atoms with van der Waals surface area (Å²) in [6.45, 7) is -1.39. The van der Waals surface area contributed by atoms with Gasteiger partial charge in [0.15, 0.2) is 0 Å². The number of likely N-dealkylation sites (tertiary alicyclic amines) is 1. The van der Waals surface area contributed by atoms with Crippen LogP contribution in [0.15, 0.2) is 47.1 Å². The first-order chi connectivity index (χ1) is 15.8. The van der Waals surface area contributed by atoms with E-state index in [4.69, 9.17) is 9.68 Å². The molecule has 0 aliphatic carbocycles. The predicted molar refractivity (Wildman–Crippen MR) is 112 cm³/mol. The summed E-state index contributed by atoms with van der Waals surface area (Å²) in [6, 6.07) is 7.76. The van der Waals surface area contributed by atoms with E-state index in [-0.39, 0.29) is 5.56 Å². The highest BCUT2D eigenvalue weighted by Gasteiger charge is 2.47. The minimum Gasteiger partial charge on any atom is -0.457 e. The van der Waals surface area contributed by atoms with Gasteiger partial charge in [-0.25, -0.2) is 13.2 Å². The third kappa shape index (κ3) is 4.87. The summed E-state index contributed by atoms with van der Waals surface area (Å²) in [5, 5.41) is 12.1. The minimum absolute atomic E-state index is 0.194. The molecule has 1 N–H and O–H groups in total. The van der Waals surface area contributed by atoms with Crippen molar-refractivity contribution in [1.29, 1.82) is 5.26 Å². The van der Waals surface area contributed by atoms with Crippen molar-refractivity contribution in [2.45, 2.75) is 18.4 Å². The Morgan fingerprint density at radius 2 is 2.12 bits per heavy atom. The Labute approximate surface area is 186 Å². The molecule has 0 saturated carbocycles. The molecule has 4 rings (SSSR count). The zero-order valence-electron chi connectivity index (χ0n) is 17.1. The van der Waals surface area contributed by atoms with E-state index < -0.39 is 49.1 Å². The third-order valence-corrected chi connectivity index (χ3v) is 5.16. The number of fused-ring (bicyclic) bond motifs is 1. The smallest absolute Gasteiger partial charge is 0.268 e. The molecule has 1 atom stereocenters. The molecule has 1 aliphatic rings. The molecular formula is C23H17F3N4O3. The van der Waals surface area contributed by atoms with E-state index in [2.05, 4.69) is 10.3 Å². The number of benzene rings is 1. The van der Waals surface area contributed by atoms with Crippen LogP contribution in [0.2, 0.25) is 0 Å². The molecule has 1 fully saturated rings.